The van der Waals surface area contributed by atoms with Crippen LogP contribution in [-0.4, -0.2) is 20.7 Å². The molecule has 3 rings (SSSR count). The summed E-state index contributed by atoms with van der Waals surface area (Å²) in [5.41, 5.74) is 0.684. The van der Waals surface area contributed by atoms with Crippen molar-refractivity contribution in [3.8, 4) is 0 Å². The molecule has 0 saturated carbocycles. The smallest absolute Gasteiger partial charge is 0.252 e. The maximum absolute atomic E-state index is 12.9. The minimum atomic E-state index is -0.555. The summed E-state index contributed by atoms with van der Waals surface area (Å²) >= 11 is 6.32. The van der Waals surface area contributed by atoms with E-state index in [9.17, 15) is 9.18 Å². The molecule has 24 heavy (non-hydrogen) atoms. The largest absolute Gasteiger partial charge is 0.339 e. The van der Waals surface area contributed by atoms with Crippen LogP contribution < -0.4 is 5.32 Å². The highest BCUT2D eigenvalue weighted by atomic mass is 35.5. The summed E-state index contributed by atoms with van der Waals surface area (Å²) in [6.45, 7) is 5.50. The Morgan fingerprint density at radius 1 is 1.25 bits per heavy atom. The summed E-state index contributed by atoms with van der Waals surface area (Å²) < 4.78 is 14.3. The number of carbonyl (C=O) groups excluding carboxylic acids is 1. The van der Waals surface area contributed by atoms with Crippen LogP contribution in [0.15, 0.2) is 36.7 Å². The molecule has 0 atom stereocenters. The van der Waals surface area contributed by atoms with Gasteiger partial charge in [-0.15, -0.1) is 0 Å². The number of carbonyl (C=O) groups is 1. The molecule has 0 unspecified atom stereocenters. The zero-order valence-corrected chi connectivity index (χ0v) is 14.2. The molecule has 0 aliphatic heterocycles. The van der Waals surface area contributed by atoms with E-state index in [0.717, 1.165) is 11.6 Å². The number of fused-ring (bicyclic) bond motifs is 1. The summed E-state index contributed by atoms with van der Waals surface area (Å²) in [4.78, 5) is 16.4. The summed E-state index contributed by atoms with van der Waals surface area (Å²) in [6.07, 6.45) is 2.73. The molecule has 1 aromatic carbocycles. The highest BCUT2D eigenvalue weighted by molar-refractivity contribution is 6.34. The maximum Gasteiger partial charge on any atom is 0.252 e. The van der Waals surface area contributed by atoms with E-state index in [4.69, 9.17) is 11.6 Å². The lowest BCUT2D eigenvalue weighted by Gasteiger charge is -2.16. The van der Waals surface area contributed by atoms with E-state index in [1.165, 1.54) is 16.8 Å². The third-order valence-electron chi connectivity index (χ3n) is 3.48. The number of nitrogens with zero attached hydrogens (tertiary/aromatic N) is 3. The van der Waals surface area contributed by atoms with E-state index in [2.05, 4.69) is 15.4 Å². The van der Waals surface area contributed by atoms with Crippen LogP contribution in [0.25, 0.3) is 10.9 Å². The molecule has 0 aliphatic carbocycles. The number of aromatic nitrogens is 3. The van der Waals surface area contributed by atoms with Gasteiger partial charge in [-0.3, -0.25) is 4.79 Å². The molecule has 0 spiro atoms. The summed E-state index contributed by atoms with van der Waals surface area (Å²) in [5.74, 6) is -0.0608. The molecule has 0 fully saturated rings. The second-order valence-corrected chi connectivity index (χ2v) is 6.90. The van der Waals surface area contributed by atoms with Gasteiger partial charge in [0.15, 0.2) is 0 Å². The molecule has 124 valence electrons. The standard InChI is InChI=1S/C17H16ClFN4O/c1-17(2,3)16(24)23-14-7-12(18)13(6-10(14)8-21-23)22-15-5-4-11(19)9-20-15/h4-9H,1-3H3,(H,20,22). The van der Waals surface area contributed by atoms with Crippen LogP contribution in [-0.2, 0) is 0 Å². The lowest BCUT2D eigenvalue weighted by molar-refractivity contribution is 0.0755. The van der Waals surface area contributed by atoms with Gasteiger partial charge in [-0.2, -0.15) is 9.78 Å². The normalized spacial score (nSPS) is 11.7. The Morgan fingerprint density at radius 2 is 2.00 bits per heavy atom. The van der Waals surface area contributed by atoms with Crippen molar-refractivity contribution in [2.24, 2.45) is 5.41 Å². The van der Waals surface area contributed by atoms with E-state index in [1.807, 2.05) is 20.8 Å². The number of hydrogen-bond donors (Lipinski definition) is 1. The molecular formula is C17H16ClFN4O. The Kier molecular flexibility index (Phi) is 4.01. The van der Waals surface area contributed by atoms with Gasteiger partial charge >= 0.3 is 0 Å². The van der Waals surface area contributed by atoms with Crippen LogP contribution in [0.5, 0.6) is 0 Å². The number of halogens is 2. The van der Waals surface area contributed by atoms with Gasteiger partial charge in [-0.1, -0.05) is 32.4 Å². The zero-order chi connectivity index (χ0) is 17.5. The second-order valence-electron chi connectivity index (χ2n) is 6.49. The first kappa shape index (κ1) is 16.4. The minimum Gasteiger partial charge on any atom is -0.339 e. The zero-order valence-electron chi connectivity index (χ0n) is 13.5. The Hall–Kier alpha value is -2.47. The molecule has 1 N–H and O–H groups in total. The topological polar surface area (TPSA) is 59.8 Å². The van der Waals surface area contributed by atoms with Crippen LogP contribution in [0.2, 0.25) is 5.02 Å². The Balaban J connectivity index is 2.00. The highest BCUT2D eigenvalue weighted by Crippen LogP contribution is 2.31. The van der Waals surface area contributed by atoms with Gasteiger partial charge in [0.05, 0.1) is 28.6 Å². The third kappa shape index (κ3) is 3.10. The molecule has 5 nitrogen and oxygen atoms in total. The van der Waals surface area contributed by atoms with E-state index in [-0.39, 0.29) is 5.91 Å². The average Bonchev–Trinajstić information content (AvgIpc) is 2.90. The Bertz CT molecular complexity index is 913. The monoisotopic (exact) mass is 346 g/mol. The Morgan fingerprint density at radius 3 is 2.62 bits per heavy atom. The fourth-order valence-electron chi connectivity index (χ4n) is 2.21. The van der Waals surface area contributed by atoms with Crippen LogP contribution in [0.1, 0.15) is 25.6 Å². The molecule has 0 bridgehead atoms. The van der Waals surface area contributed by atoms with Gasteiger partial charge in [0.1, 0.15) is 11.6 Å². The lowest BCUT2D eigenvalue weighted by atomic mass is 9.96. The predicted octanol–water partition coefficient (Wildman–Crippen LogP) is 4.65. The number of nitrogens with one attached hydrogen (secondary N) is 1. The molecule has 0 radical (unpaired) electrons. The van der Waals surface area contributed by atoms with Crippen molar-refractivity contribution in [2.45, 2.75) is 20.8 Å². The van der Waals surface area contributed by atoms with Gasteiger partial charge in [0.25, 0.3) is 5.91 Å². The first-order valence-corrected chi connectivity index (χ1v) is 7.74. The fourth-order valence-corrected chi connectivity index (χ4v) is 2.42. The van der Waals surface area contributed by atoms with Crippen molar-refractivity contribution >= 4 is 39.9 Å². The molecule has 0 saturated heterocycles. The molecule has 7 heteroatoms. The van der Waals surface area contributed by atoms with Crippen molar-refractivity contribution in [2.75, 3.05) is 5.32 Å². The van der Waals surface area contributed by atoms with Gasteiger partial charge in [0.2, 0.25) is 0 Å². The average molecular weight is 347 g/mol. The van der Waals surface area contributed by atoms with E-state index in [0.29, 0.717) is 22.0 Å². The number of rotatable bonds is 2. The van der Waals surface area contributed by atoms with Gasteiger partial charge in [0, 0.05) is 10.8 Å². The van der Waals surface area contributed by atoms with Gasteiger partial charge < -0.3 is 5.32 Å². The van der Waals surface area contributed by atoms with Crippen molar-refractivity contribution in [3.05, 3.63) is 47.5 Å². The first-order valence-electron chi connectivity index (χ1n) is 7.36. The number of hydrogen-bond acceptors (Lipinski definition) is 4. The van der Waals surface area contributed by atoms with Crippen molar-refractivity contribution in [1.82, 2.24) is 14.8 Å². The first-order chi connectivity index (χ1) is 11.3. The minimum absolute atomic E-state index is 0.116. The molecular weight excluding hydrogens is 331 g/mol. The summed E-state index contributed by atoms with van der Waals surface area (Å²) in [5, 5.41) is 8.39. The van der Waals surface area contributed by atoms with Crippen molar-refractivity contribution in [3.63, 3.8) is 0 Å². The molecule has 0 amide bonds. The van der Waals surface area contributed by atoms with E-state index < -0.39 is 11.2 Å². The molecule has 3 aromatic rings. The maximum atomic E-state index is 12.9. The summed E-state index contributed by atoms with van der Waals surface area (Å²) in [7, 11) is 0. The quantitative estimate of drug-likeness (QED) is 0.733. The fraction of sp³-hybridized carbons (Fsp3) is 0.235. The highest BCUT2D eigenvalue weighted by Gasteiger charge is 2.25. The predicted molar refractivity (Wildman–Crippen MR) is 92.3 cm³/mol. The van der Waals surface area contributed by atoms with Crippen LogP contribution >= 0.6 is 11.6 Å². The van der Waals surface area contributed by atoms with Crippen LogP contribution in [0, 0.1) is 11.2 Å². The SMILES string of the molecule is CC(C)(C)C(=O)n1ncc2cc(Nc3ccc(F)cn3)c(Cl)cc21. The lowest BCUT2D eigenvalue weighted by Crippen LogP contribution is -2.27. The number of anilines is 2. The number of benzene rings is 1. The molecule has 0 aliphatic rings. The number of pyridine rings is 1. The second kappa shape index (κ2) is 5.87. The van der Waals surface area contributed by atoms with Gasteiger partial charge in [-0.05, 0) is 24.3 Å². The van der Waals surface area contributed by atoms with E-state index >= 15 is 0 Å². The van der Waals surface area contributed by atoms with Gasteiger partial charge in [-0.25, -0.2) is 9.37 Å². The molecule has 2 aromatic heterocycles. The van der Waals surface area contributed by atoms with Crippen molar-refractivity contribution < 1.29 is 9.18 Å². The molecule has 2 heterocycles. The van der Waals surface area contributed by atoms with Crippen molar-refractivity contribution in [1.29, 1.82) is 0 Å². The van der Waals surface area contributed by atoms with Crippen LogP contribution in [0.3, 0.4) is 0 Å². The van der Waals surface area contributed by atoms with E-state index in [1.54, 1.807) is 18.3 Å². The third-order valence-corrected chi connectivity index (χ3v) is 3.79. The van der Waals surface area contributed by atoms with Crippen LogP contribution in [0.4, 0.5) is 15.9 Å². The Labute approximate surface area is 143 Å². The summed E-state index contributed by atoms with van der Waals surface area (Å²) in [6, 6.07) is 6.28.